The third-order valence-electron chi connectivity index (χ3n) is 6.45. The van der Waals surface area contributed by atoms with E-state index in [1.54, 1.807) is 0 Å². The molecule has 0 radical (unpaired) electrons. The lowest BCUT2D eigenvalue weighted by atomic mass is 9.96. The molecule has 1 unspecified atom stereocenters. The van der Waals surface area contributed by atoms with Crippen molar-refractivity contribution < 1.29 is 79.5 Å². The first kappa shape index (κ1) is 30.4. The van der Waals surface area contributed by atoms with Crippen molar-refractivity contribution in [3.63, 3.8) is 0 Å². The molecule has 216 valence electrons. The summed E-state index contributed by atoms with van der Waals surface area (Å²) in [6, 6.07) is -1.42. The number of carbonyl (C=O) groups excluding carboxylic acids is 1. The largest absolute Gasteiger partial charge is 0.394 e. The second kappa shape index (κ2) is 12.8. The summed E-state index contributed by atoms with van der Waals surface area (Å²) < 4.78 is 27.0. The topological polar surface area (TPSA) is 278 Å². The van der Waals surface area contributed by atoms with E-state index < -0.39 is 118 Å². The third kappa shape index (κ3) is 6.55. The molecule has 1 amide bonds. The molecule has 0 aromatic rings. The number of aliphatic hydroxyl groups excluding tert-OH is 10. The summed E-state index contributed by atoms with van der Waals surface area (Å²) in [5, 5.41) is 102. The molecule has 11 N–H and O–H groups in total. The van der Waals surface area contributed by atoms with Crippen LogP contribution in [-0.4, -0.2) is 169 Å². The molecule has 3 rings (SSSR count). The first-order valence-corrected chi connectivity index (χ1v) is 11.6. The summed E-state index contributed by atoms with van der Waals surface area (Å²) in [5.74, 6) is -0.639. The summed E-state index contributed by atoms with van der Waals surface area (Å²) in [4.78, 5) is 11.6. The van der Waals surface area contributed by atoms with Crippen LogP contribution in [0.15, 0.2) is 0 Å². The van der Waals surface area contributed by atoms with Gasteiger partial charge in [0.25, 0.3) is 0 Å². The standard InChI is InChI=1S/C20H35NO16/c1-5(24)21-9-11(27)17(37-20-15(31)13(29)16(36-20)6(25)2-22)8(34-18(9)32)4-33-19-14(30)12(28)10(26)7(3-23)35-19/h6-20,22-23,25-32H,2-4H2,1H3,(H,21,24)/t6-,7-,8-,9-,10+,11-,12+,13-,14-,15-,16+,17-,18?,19-,20+/m1/s1. The fraction of sp³-hybridized carbons (Fsp3) is 0.950. The van der Waals surface area contributed by atoms with Gasteiger partial charge in [-0.05, 0) is 0 Å². The van der Waals surface area contributed by atoms with Gasteiger partial charge in [-0.2, -0.15) is 0 Å². The van der Waals surface area contributed by atoms with Gasteiger partial charge in [-0.3, -0.25) is 4.79 Å². The number of aliphatic hydroxyl groups is 10. The molecule has 0 saturated carbocycles. The van der Waals surface area contributed by atoms with Crippen molar-refractivity contribution in [2.75, 3.05) is 19.8 Å². The Labute approximate surface area is 210 Å². The first-order valence-electron chi connectivity index (χ1n) is 11.6. The normalized spacial score (nSPS) is 47.5. The molecule has 0 spiro atoms. The molecular weight excluding hydrogens is 510 g/mol. The summed E-state index contributed by atoms with van der Waals surface area (Å²) >= 11 is 0. The molecule has 0 aliphatic carbocycles. The van der Waals surface area contributed by atoms with Crippen LogP contribution in [0.3, 0.4) is 0 Å². The zero-order valence-corrected chi connectivity index (χ0v) is 19.7. The van der Waals surface area contributed by atoms with Crippen molar-refractivity contribution in [1.29, 1.82) is 0 Å². The molecule has 15 atom stereocenters. The molecule has 17 heteroatoms. The highest BCUT2D eigenvalue weighted by Gasteiger charge is 2.53. The first-order chi connectivity index (χ1) is 17.4. The minimum atomic E-state index is -1.79. The van der Waals surface area contributed by atoms with Crippen molar-refractivity contribution >= 4 is 5.91 Å². The number of hydrogen-bond acceptors (Lipinski definition) is 16. The van der Waals surface area contributed by atoms with Gasteiger partial charge in [-0.25, -0.2) is 0 Å². The van der Waals surface area contributed by atoms with Crippen molar-refractivity contribution in [3.05, 3.63) is 0 Å². The maximum atomic E-state index is 11.6. The van der Waals surface area contributed by atoms with Gasteiger partial charge in [0.05, 0.1) is 19.8 Å². The molecule has 37 heavy (non-hydrogen) atoms. The second-order valence-corrected chi connectivity index (χ2v) is 9.11. The van der Waals surface area contributed by atoms with Crippen LogP contribution in [0.1, 0.15) is 6.92 Å². The highest BCUT2D eigenvalue weighted by molar-refractivity contribution is 5.73. The summed E-state index contributed by atoms with van der Waals surface area (Å²) in [5.41, 5.74) is 0. The second-order valence-electron chi connectivity index (χ2n) is 9.11. The molecular formula is C20H35NO16. The average Bonchev–Trinajstić information content (AvgIpc) is 3.14. The zero-order chi connectivity index (χ0) is 27.6. The summed E-state index contributed by atoms with van der Waals surface area (Å²) in [6.45, 7) is -1.01. The van der Waals surface area contributed by atoms with Gasteiger partial charge in [-0.1, -0.05) is 0 Å². The van der Waals surface area contributed by atoms with Gasteiger partial charge in [0.15, 0.2) is 18.9 Å². The van der Waals surface area contributed by atoms with E-state index in [9.17, 15) is 50.8 Å². The van der Waals surface area contributed by atoms with Crippen LogP contribution < -0.4 is 5.32 Å². The minimum Gasteiger partial charge on any atom is -0.394 e. The summed E-state index contributed by atoms with van der Waals surface area (Å²) in [7, 11) is 0. The van der Waals surface area contributed by atoms with Crippen molar-refractivity contribution in [2.45, 2.75) is 99.0 Å². The Morgan fingerprint density at radius 3 is 2.08 bits per heavy atom. The van der Waals surface area contributed by atoms with Crippen LogP contribution in [0.25, 0.3) is 0 Å². The van der Waals surface area contributed by atoms with E-state index in [1.165, 1.54) is 0 Å². The highest BCUT2D eigenvalue weighted by atomic mass is 16.7. The third-order valence-corrected chi connectivity index (χ3v) is 6.45. The van der Waals surface area contributed by atoms with Crippen LogP contribution in [0, 0.1) is 0 Å². The molecule has 3 saturated heterocycles. The van der Waals surface area contributed by atoms with Crippen LogP contribution in [-0.2, 0) is 28.5 Å². The van der Waals surface area contributed by atoms with E-state index in [0.717, 1.165) is 6.92 Å². The van der Waals surface area contributed by atoms with Gasteiger partial charge in [0.2, 0.25) is 5.91 Å². The number of ether oxygens (including phenoxy) is 5. The molecule has 3 heterocycles. The number of amides is 1. The fourth-order valence-electron chi connectivity index (χ4n) is 4.38. The summed E-state index contributed by atoms with van der Waals surface area (Å²) in [6.07, 6.45) is -22.6. The van der Waals surface area contributed by atoms with E-state index in [1.807, 2.05) is 0 Å². The molecule has 3 fully saturated rings. The maximum Gasteiger partial charge on any atom is 0.217 e. The van der Waals surface area contributed by atoms with Crippen LogP contribution >= 0.6 is 0 Å². The quantitative estimate of drug-likeness (QED) is 0.128. The molecule has 0 bridgehead atoms. The molecule has 3 aliphatic heterocycles. The predicted octanol–water partition coefficient (Wildman–Crippen LogP) is -7.43. The Balaban J connectivity index is 1.76. The lowest BCUT2D eigenvalue weighted by molar-refractivity contribution is -0.330. The van der Waals surface area contributed by atoms with Crippen molar-refractivity contribution in [3.8, 4) is 0 Å². The number of hydrogen-bond donors (Lipinski definition) is 11. The van der Waals surface area contributed by atoms with Crippen LogP contribution in [0.4, 0.5) is 0 Å². The van der Waals surface area contributed by atoms with Crippen LogP contribution in [0.2, 0.25) is 0 Å². The number of nitrogens with one attached hydrogen (secondary N) is 1. The Hall–Kier alpha value is -1.13. The Bertz CT molecular complexity index is 745. The van der Waals surface area contributed by atoms with E-state index in [0.29, 0.717) is 0 Å². The zero-order valence-electron chi connectivity index (χ0n) is 19.7. The highest BCUT2D eigenvalue weighted by Crippen LogP contribution is 2.31. The van der Waals surface area contributed by atoms with E-state index in [4.69, 9.17) is 28.8 Å². The van der Waals surface area contributed by atoms with E-state index in [2.05, 4.69) is 5.32 Å². The maximum absolute atomic E-state index is 11.6. The molecule has 0 aromatic carbocycles. The van der Waals surface area contributed by atoms with Crippen molar-refractivity contribution in [1.82, 2.24) is 5.32 Å². The Morgan fingerprint density at radius 1 is 0.838 bits per heavy atom. The number of rotatable bonds is 9. The average molecular weight is 545 g/mol. The molecule has 17 nitrogen and oxygen atoms in total. The lowest BCUT2D eigenvalue weighted by Crippen LogP contribution is -2.66. The minimum absolute atomic E-state index is 0.609. The SMILES string of the molecule is CC(=O)N[C@H]1C(O)O[C@H](CO[C@@H]2O[C@H](CO)[C@H](O)[C@H](O)[C@H]2O)[C@@H](O[C@@H]2O[C@@H]([C@H](O)CO)[C@H](O)[C@H]2O)[C@@H]1O. The van der Waals surface area contributed by atoms with Gasteiger partial charge >= 0.3 is 0 Å². The monoisotopic (exact) mass is 545 g/mol. The van der Waals surface area contributed by atoms with Gasteiger partial charge in [0.1, 0.15) is 73.2 Å². The molecule has 0 aromatic heterocycles. The van der Waals surface area contributed by atoms with E-state index in [-0.39, 0.29) is 0 Å². The van der Waals surface area contributed by atoms with Crippen molar-refractivity contribution in [2.24, 2.45) is 0 Å². The fourth-order valence-corrected chi connectivity index (χ4v) is 4.38. The van der Waals surface area contributed by atoms with Crippen LogP contribution in [0.5, 0.6) is 0 Å². The number of carbonyl (C=O) groups is 1. The lowest BCUT2D eigenvalue weighted by Gasteiger charge is -2.44. The van der Waals surface area contributed by atoms with E-state index >= 15 is 0 Å². The van der Waals surface area contributed by atoms with Gasteiger partial charge < -0.3 is 80.1 Å². The molecule has 3 aliphatic rings. The smallest absolute Gasteiger partial charge is 0.217 e. The Morgan fingerprint density at radius 2 is 1.49 bits per heavy atom. The Kier molecular flexibility index (Phi) is 10.5. The predicted molar refractivity (Wildman–Crippen MR) is 113 cm³/mol. The van der Waals surface area contributed by atoms with Gasteiger partial charge in [-0.15, -0.1) is 0 Å². The van der Waals surface area contributed by atoms with Gasteiger partial charge in [0, 0.05) is 6.92 Å².